The van der Waals surface area contributed by atoms with Crippen LogP contribution in [0.4, 0.5) is 0 Å². The van der Waals surface area contributed by atoms with E-state index in [0.717, 1.165) is 37.9 Å². The molecule has 2 heterocycles. The molecule has 1 fully saturated rings. The maximum absolute atomic E-state index is 12.6. The molecule has 1 saturated heterocycles. The molecule has 0 radical (unpaired) electrons. The van der Waals surface area contributed by atoms with Gasteiger partial charge in [-0.2, -0.15) is 0 Å². The number of nitrogens with zero attached hydrogens (tertiary/aromatic N) is 2. The molecular formula is C19H30N2O2. The van der Waals surface area contributed by atoms with Gasteiger partial charge >= 0.3 is 0 Å². The number of aryl methyl sites for hydroxylation is 1. The molecule has 1 aromatic heterocycles. The summed E-state index contributed by atoms with van der Waals surface area (Å²) in [5.74, 6) is 0.678. The molecular weight excluding hydrogens is 288 g/mol. The molecule has 1 aliphatic heterocycles. The molecule has 128 valence electrons. The topological polar surface area (TPSA) is 42.4 Å². The maximum Gasteiger partial charge on any atom is 0.223 e. The third kappa shape index (κ3) is 5.61. The summed E-state index contributed by atoms with van der Waals surface area (Å²) < 4.78 is 6.19. The van der Waals surface area contributed by atoms with Crippen molar-refractivity contribution in [3.63, 3.8) is 0 Å². The highest BCUT2D eigenvalue weighted by Crippen LogP contribution is 2.21. The minimum absolute atomic E-state index is 0.160. The minimum Gasteiger partial charge on any atom is -0.371 e. The first-order valence-corrected chi connectivity index (χ1v) is 8.92. The molecule has 0 unspecified atom stereocenters. The van der Waals surface area contributed by atoms with Crippen LogP contribution in [-0.2, 0) is 16.0 Å². The molecule has 1 aliphatic rings. The van der Waals surface area contributed by atoms with Crippen LogP contribution in [0.2, 0.25) is 0 Å². The number of aromatic nitrogens is 1. The summed E-state index contributed by atoms with van der Waals surface area (Å²) in [7, 11) is 0. The second kappa shape index (κ2) is 9.02. The first-order valence-electron chi connectivity index (χ1n) is 8.92. The van der Waals surface area contributed by atoms with Gasteiger partial charge in [0.05, 0.1) is 12.2 Å². The summed E-state index contributed by atoms with van der Waals surface area (Å²) >= 11 is 0. The van der Waals surface area contributed by atoms with E-state index in [1.807, 2.05) is 23.2 Å². The maximum atomic E-state index is 12.6. The van der Waals surface area contributed by atoms with Crippen LogP contribution in [0, 0.1) is 5.92 Å². The van der Waals surface area contributed by atoms with E-state index in [2.05, 4.69) is 25.8 Å². The van der Waals surface area contributed by atoms with Crippen LogP contribution >= 0.6 is 0 Å². The Morgan fingerprint density at radius 1 is 1.43 bits per heavy atom. The number of morpholine rings is 1. The normalized spacial score (nSPS) is 21.7. The first kappa shape index (κ1) is 17.9. The smallest absolute Gasteiger partial charge is 0.223 e. The van der Waals surface area contributed by atoms with Crippen LogP contribution < -0.4 is 0 Å². The predicted molar refractivity (Wildman–Crippen MR) is 92.2 cm³/mol. The second-order valence-electron chi connectivity index (χ2n) is 6.84. The van der Waals surface area contributed by atoms with Gasteiger partial charge in [-0.1, -0.05) is 39.7 Å². The van der Waals surface area contributed by atoms with E-state index in [9.17, 15) is 4.79 Å². The van der Waals surface area contributed by atoms with E-state index in [1.54, 1.807) is 6.20 Å². The zero-order valence-electron chi connectivity index (χ0n) is 14.7. The molecule has 4 nitrogen and oxygen atoms in total. The van der Waals surface area contributed by atoms with E-state index < -0.39 is 0 Å². The van der Waals surface area contributed by atoms with Gasteiger partial charge in [-0.15, -0.1) is 0 Å². The molecule has 0 saturated carbocycles. The van der Waals surface area contributed by atoms with E-state index >= 15 is 0 Å². The number of ether oxygens (including phenoxy) is 1. The lowest BCUT2D eigenvalue weighted by molar-refractivity contribution is -0.150. The van der Waals surface area contributed by atoms with Crippen molar-refractivity contribution in [2.75, 3.05) is 13.1 Å². The van der Waals surface area contributed by atoms with Crippen molar-refractivity contribution < 1.29 is 9.53 Å². The Kier molecular flexibility index (Phi) is 7.03. The molecule has 2 rings (SSSR count). The Balaban J connectivity index is 1.91. The minimum atomic E-state index is 0.160. The lowest BCUT2D eigenvalue weighted by Crippen LogP contribution is -2.51. The van der Waals surface area contributed by atoms with Gasteiger partial charge in [0, 0.05) is 31.9 Å². The van der Waals surface area contributed by atoms with Crippen molar-refractivity contribution in [3.05, 3.63) is 30.1 Å². The lowest BCUT2D eigenvalue weighted by atomic mass is 10.0. The average Bonchev–Trinajstić information content (AvgIpc) is 2.58. The van der Waals surface area contributed by atoms with Crippen LogP contribution in [0.3, 0.4) is 0 Å². The molecule has 0 aliphatic carbocycles. The summed E-state index contributed by atoms with van der Waals surface area (Å²) in [4.78, 5) is 18.7. The summed E-state index contributed by atoms with van der Waals surface area (Å²) in [6.45, 7) is 8.01. The summed E-state index contributed by atoms with van der Waals surface area (Å²) in [5.41, 5.74) is 1.12. The van der Waals surface area contributed by atoms with Gasteiger partial charge in [-0.3, -0.25) is 9.78 Å². The largest absolute Gasteiger partial charge is 0.371 e. The van der Waals surface area contributed by atoms with Gasteiger partial charge in [0.1, 0.15) is 0 Å². The quantitative estimate of drug-likeness (QED) is 0.773. The van der Waals surface area contributed by atoms with Crippen LogP contribution in [0.1, 0.15) is 52.0 Å². The van der Waals surface area contributed by atoms with Gasteiger partial charge in [-0.05, 0) is 30.4 Å². The standard InChI is InChI=1S/C19H30N2O2/c1-4-5-8-17-13-21(14-18(23-17)15(2)3)19(22)10-9-16-7-6-11-20-12-16/h6-7,11-12,15,17-18H,4-5,8-10,13-14H2,1-3H3/t17-,18-/m1/s1. The molecule has 1 amide bonds. The van der Waals surface area contributed by atoms with Crippen molar-refractivity contribution >= 4 is 5.91 Å². The average molecular weight is 318 g/mol. The Labute approximate surface area is 140 Å². The molecule has 23 heavy (non-hydrogen) atoms. The molecule has 0 aromatic carbocycles. The monoisotopic (exact) mass is 318 g/mol. The molecule has 4 heteroatoms. The number of pyridine rings is 1. The second-order valence-corrected chi connectivity index (χ2v) is 6.84. The van der Waals surface area contributed by atoms with E-state index in [-0.39, 0.29) is 18.1 Å². The van der Waals surface area contributed by atoms with E-state index in [1.165, 1.54) is 6.42 Å². The van der Waals surface area contributed by atoms with E-state index in [0.29, 0.717) is 12.3 Å². The fourth-order valence-corrected chi connectivity index (χ4v) is 2.99. The highest BCUT2D eigenvalue weighted by molar-refractivity contribution is 5.76. The highest BCUT2D eigenvalue weighted by atomic mass is 16.5. The van der Waals surface area contributed by atoms with Crippen LogP contribution in [0.5, 0.6) is 0 Å². The van der Waals surface area contributed by atoms with Gasteiger partial charge in [-0.25, -0.2) is 0 Å². The molecule has 2 atom stereocenters. The number of hydrogen-bond donors (Lipinski definition) is 0. The number of carbonyl (C=O) groups is 1. The SMILES string of the molecule is CCCC[C@@H]1CN(C(=O)CCc2cccnc2)C[C@H](C(C)C)O1. The van der Waals surface area contributed by atoms with Crippen LogP contribution in [0.15, 0.2) is 24.5 Å². The Morgan fingerprint density at radius 2 is 2.26 bits per heavy atom. The van der Waals surface area contributed by atoms with Gasteiger partial charge in [0.2, 0.25) is 5.91 Å². The Bertz CT molecular complexity index is 476. The van der Waals surface area contributed by atoms with Crippen molar-refractivity contribution in [2.24, 2.45) is 5.92 Å². The van der Waals surface area contributed by atoms with E-state index in [4.69, 9.17) is 4.74 Å². The number of rotatable bonds is 7. The van der Waals surface area contributed by atoms with Crippen LogP contribution in [0.25, 0.3) is 0 Å². The zero-order chi connectivity index (χ0) is 16.7. The molecule has 1 aromatic rings. The van der Waals surface area contributed by atoms with Gasteiger partial charge < -0.3 is 9.64 Å². The summed E-state index contributed by atoms with van der Waals surface area (Å²) in [6.07, 6.45) is 8.64. The van der Waals surface area contributed by atoms with Crippen molar-refractivity contribution in [1.82, 2.24) is 9.88 Å². The van der Waals surface area contributed by atoms with Crippen molar-refractivity contribution in [3.8, 4) is 0 Å². The third-order valence-electron chi connectivity index (χ3n) is 4.52. The number of carbonyl (C=O) groups excluding carboxylic acids is 1. The molecule has 0 N–H and O–H groups in total. The third-order valence-corrected chi connectivity index (χ3v) is 4.52. The fraction of sp³-hybridized carbons (Fsp3) is 0.684. The van der Waals surface area contributed by atoms with Gasteiger partial charge in [0.25, 0.3) is 0 Å². The number of amides is 1. The number of hydrogen-bond acceptors (Lipinski definition) is 3. The first-order chi connectivity index (χ1) is 11.1. The Morgan fingerprint density at radius 3 is 2.91 bits per heavy atom. The lowest BCUT2D eigenvalue weighted by Gasteiger charge is -2.40. The summed E-state index contributed by atoms with van der Waals surface area (Å²) in [6, 6.07) is 3.95. The zero-order valence-corrected chi connectivity index (χ0v) is 14.7. The van der Waals surface area contributed by atoms with Crippen molar-refractivity contribution in [1.29, 1.82) is 0 Å². The predicted octanol–water partition coefficient (Wildman–Crippen LogP) is 3.46. The fourth-order valence-electron chi connectivity index (χ4n) is 2.99. The van der Waals surface area contributed by atoms with Crippen LogP contribution in [-0.4, -0.2) is 41.1 Å². The molecule has 0 spiro atoms. The highest BCUT2D eigenvalue weighted by Gasteiger charge is 2.31. The molecule has 0 bridgehead atoms. The summed E-state index contributed by atoms with van der Waals surface area (Å²) in [5, 5.41) is 0. The van der Waals surface area contributed by atoms with Gasteiger partial charge in [0.15, 0.2) is 0 Å². The van der Waals surface area contributed by atoms with Crippen molar-refractivity contribution in [2.45, 2.75) is 65.1 Å². The Hall–Kier alpha value is -1.42. The number of unbranched alkanes of at least 4 members (excludes halogenated alkanes) is 1.